The van der Waals surface area contributed by atoms with Gasteiger partial charge in [0.1, 0.15) is 6.04 Å². The number of allylic oxidation sites excluding steroid dienone is 1. The second-order valence-electron chi connectivity index (χ2n) is 7.40. The van der Waals surface area contributed by atoms with Crippen molar-refractivity contribution in [2.24, 2.45) is 23.7 Å². The quantitative estimate of drug-likeness (QED) is 0.611. The molecule has 1 fully saturated rings. The van der Waals surface area contributed by atoms with Crippen molar-refractivity contribution in [1.82, 2.24) is 10.2 Å². The lowest BCUT2D eigenvalue weighted by Crippen LogP contribution is -2.45. The van der Waals surface area contributed by atoms with E-state index >= 15 is 0 Å². The average molecular weight is 420 g/mol. The Bertz CT molecular complexity index is 811. The van der Waals surface area contributed by atoms with E-state index in [9.17, 15) is 19.5 Å². The zero-order valence-corrected chi connectivity index (χ0v) is 17.2. The summed E-state index contributed by atoms with van der Waals surface area (Å²) in [4.78, 5) is 40.4. The molecule has 0 unspecified atom stereocenters. The number of aliphatic hydroxyl groups excluding tert-OH is 1. The number of aliphatic hydroxyl groups is 1. The lowest BCUT2D eigenvalue weighted by atomic mass is 9.69. The van der Waals surface area contributed by atoms with Crippen molar-refractivity contribution in [1.29, 1.82) is 0 Å². The van der Waals surface area contributed by atoms with E-state index in [4.69, 9.17) is 11.6 Å². The molecule has 0 saturated carbocycles. The summed E-state index contributed by atoms with van der Waals surface area (Å²) in [7, 11) is 1.55. The predicted molar refractivity (Wildman–Crippen MR) is 110 cm³/mol. The highest BCUT2D eigenvalue weighted by molar-refractivity contribution is 6.30. The third-order valence-electron chi connectivity index (χ3n) is 5.85. The number of carbonyl (C=O) groups excluding carboxylic acids is 3. The number of nitrogens with zero attached hydrogens (tertiary/aromatic N) is 1. The van der Waals surface area contributed by atoms with Gasteiger partial charge in [0.2, 0.25) is 17.7 Å². The van der Waals surface area contributed by atoms with Gasteiger partial charge < -0.3 is 20.6 Å². The number of benzene rings is 1. The third-order valence-corrected chi connectivity index (χ3v) is 6.11. The van der Waals surface area contributed by atoms with Crippen LogP contribution in [0.25, 0.3) is 0 Å². The summed E-state index contributed by atoms with van der Waals surface area (Å²) in [5.41, 5.74) is 0.563. The summed E-state index contributed by atoms with van der Waals surface area (Å²) < 4.78 is 0. The molecule has 1 aliphatic carbocycles. The van der Waals surface area contributed by atoms with Gasteiger partial charge in [0.05, 0.1) is 18.4 Å². The first kappa shape index (κ1) is 21.3. The van der Waals surface area contributed by atoms with Crippen molar-refractivity contribution in [2.75, 3.05) is 25.5 Å². The Hall–Kier alpha value is -2.38. The molecule has 3 amide bonds. The molecule has 1 aromatic rings. The minimum Gasteiger partial charge on any atom is -0.395 e. The Morgan fingerprint density at radius 1 is 1.17 bits per heavy atom. The third kappa shape index (κ3) is 4.02. The second-order valence-corrected chi connectivity index (χ2v) is 7.83. The Morgan fingerprint density at radius 2 is 1.86 bits per heavy atom. The van der Waals surface area contributed by atoms with E-state index in [1.165, 1.54) is 4.90 Å². The molecule has 5 atom stereocenters. The zero-order chi connectivity index (χ0) is 21.1. The zero-order valence-electron chi connectivity index (χ0n) is 16.5. The van der Waals surface area contributed by atoms with Gasteiger partial charge in [0.25, 0.3) is 0 Å². The van der Waals surface area contributed by atoms with Gasteiger partial charge >= 0.3 is 0 Å². The maximum Gasteiger partial charge on any atom is 0.247 e. The first-order chi connectivity index (χ1) is 13.9. The van der Waals surface area contributed by atoms with Crippen LogP contribution in [0.5, 0.6) is 0 Å². The van der Waals surface area contributed by atoms with E-state index in [1.54, 1.807) is 31.3 Å². The molecule has 1 heterocycles. The molecule has 2 aliphatic rings. The minimum atomic E-state index is -0.795. The number of anilines is 1. The van der Waals surface area contributed by atoms with E-state index in [0.717, 1.165) is 0 Å². The van der Waals surface area contributed by atoms with E-state index in [2.05, 4.69) is 10.6 Å². The van der Waals surface area contributed by atoms with Crippen LogP contribution < -0.4 is 10.6 Å². The van der Waals surface area contributed by atoms with Gasteiger partial charge in [-0.25, -0.2) is 0 Å². The number of carbonyl (C=O) groups is 3. The summed E-state index contributed by atoms with van der Waals surface area (Å²) in [6.45, 7) is 1.75. The van der Waals surface area contributed by atoms with Gasteiger partial charge in [-0.05, 0) is 36.6 Å². The number of nitrogens with one attached hydrogen (secondary N) is 2. The molecule has 29 heavy (non-hydrogen) atoms. The number of β-amino-alcohol motifs (C(OH)–C–C–N with tert-alkyl or cyclic N) is 1. The summed E-state index contributed by atoms with van der Waals surface area (Å²) >= 11 is 5.90. The molecule has 156 valence electrons. The first-order valence-corrected chi connectivity index (χ1v) is 10.2. The van der Waals surface area contributed by atoms with Gasteiger partial charge in [0.15, 0.2) is 0 Å². The molecule has 0 bridgehead atoms. The predicted octanol–water partition coefficient (Wildman–Crippen LogP) is 1.67. The standard InChI is InChI=1S/C21H26ClN3O4/c1-3-12-4-9-15-17(16(12)19(27)23-2)21(29)25(10-11-26)18(15)20(28)24-14-7-5-13(22)6-8-14/h4-9,12,15-18,26H,3,10-11H2,1-2H3,(H,23,27)(H,24,28)/t12-,15+,16-,17+,18+/m1/s1. The highest BCUT2D eigenvalue weighted by Crippen LogP contribution is 2.44. The average Bonchev–Trinajstić information content (AvgIpc) is 3.00. The number of amides is 3. The van der Waals surface area contributed by atoms with Crippen LogP contribution in [0.3, 0.4) is 0 Å². The fourth-order valence-corrected chi connectivity index (χ4v) is 4.64. The molecule has 1 aromatic carbocycles. The lowest BCUT2D eigenvalue weighted by Gasteiger charge is -2.33. The van der Waals surface area contributed by atoms with Gasteiger partial charge in [0, 0.05) is 30.2 Å². The van der Waals surface area contributed by atoms with Crippen molar-refractivity contribution in [3.05, 3.63) is 41.4 Å². The maximum atomic E-state index is 13.2. The first-order valence-electron chi connectivity index (χ1n) is 9.80. The van der Waals surface area contributed by atoms with Crippen LogP contribution >= 0.6 is 11.6 Å². The van der Waals surface area contributed by atoms with Gasteiger partial charge in [-0.15, -0.1) is 0 Å². The number of hydrogen-bond donors (Lipinski definition) is 3. The minimum absolute atomic E-state index is 0.0373. The van der Waals surface area contributed by atoms with E-state index in [1.807, 2.05) is 19.1 Å². The van der Waals surface area contributed by atoms with Crippen molar-refractivity contribution in [2.45, 2.75) is 19.4 Å². The molecule has 3 rings (SSSR count). The van der Waals surface area contributed by atoms with Crippen LogP contribution in [0.1, 0.15) is 13.3 Å². The molecule has 1 saturated heterocycles. The molecule has 7 nitrogen and oxygen atoms in total. The normalized spacial score (nSPS) is 28.2. The molecular formula is C21H26ClN3O4. The molecule has 0 radical (unpaired) electrons. The Labute approximate surface area is 175 Å². The number of rotatable bonds is 6. The Morgan fingerprint density at radius 3 is 2.45 bits per heavy atom. The van der Waals surface area contributed by atoms with Crippen molar-refractivity contribution in [3.63, 3.8) is 0 Å². The summed E-state index contributed by atoms with van der Waals surface area (Å²) in [5, 5.41) is 15.5. The summed E-state index contributed by atoms with van der Waals surface area (Å²) in [6, 6.07) is 5.90. The van der Waals surface area contributed by atoms with Crippen LogP contribution in [0.15, 0.2) is 36.4 Å². The van der Waals surface area contributed by atoms with Crippen molar-refractivity contribution < 1.29 is 19.5 Å². The van der Waals surface area contributed by atoms with Crippen LogP contribution in [-0.4, -0.2) is 54.0 Å². The molecule has 3 N–H and O–H groups in total. The fraction of sp³-hybridized carbons (Fsp3) is 0.476. The largest absolute Gasteiger partial charge is 0.395 e. The Balaban J connectivity index is 1.94. The number of halogens is 1. The van der Waals surface area contributed by atoms with E-state index in [0.29, 0.717) is 17.1 Å². The Kier molecular flexibility index (Phi) is 6.59. The maximum absolute atomic E-state index is 13.2. The molecule has 1 aliphatic heterocycles. The number of fused-ring (bicyclic) bond motifs is 1. The molecule has 0 aromatic heterocycles. The van der Waals surface area contributed by atoms with Crippen molar-refractivity contribution in [3.8, 4) is 0 Å². The lowest BCUT2D eigenvalue weighted by molar-refractivity contribution is -0.140. The monoisotopic (exact) mass is 419 g/mol. The van der Waals surface area contributed by atoms with Crippen LogP contribution in [-0.2, 0) is 14.4 Å². The van der Waals surface area contributed by atoms with Crippen molar-refractivity contribution >= 4 is 35.0 Å². The highest BCUT2D eigenvalue weighted by Gasteiger charge is 2.56. The fourth-order valence-electron chi connectivity index (χ4n) is 4.51. The van der Waals surface area contributed by atoms with Crippen LogP contribution in [0, 0.1) is 23.7 Å². The SMILES string of the molecule is CC[C@@H]1C=C[C@H]2[C@H](C(=O)N(CCO)[C@@H]2C(=O)Nc2ccc(Cl)cc2)[C@@H]1C(=O)NC. The topological polar surface area (TPSA) is 98.7 Å². The van der Waals surface area contributed by atoms with E-state index < -0.39 is 23.8 Å². The smallest absolute Gasteiger partial charge is 0.247 e. The van der Waals surface area contributed by atoms with Gasteiger partial charge in [-0.3, -0.25) is 14.4 Å². The van der Waals surface area contributed by atoms with Crippen LogP contribution in [0.2, 0.25) is 5.02 Å². The summed E-state index contributed by atoms with van der Waals surface area (Å²) in [5.74, 6) is -2.50. The number of likely N-dealkylation sites (tertiary alicyclic amines) is 1. The van der Waals surface area contributed by atoms with E-state index in [-0.39, 0.29) is 36.8 Å². The second kappa shape index (κ2) is 8.97. The summed E-state index contributed by atoms with van der Waals surface area (Å²) in [6.07, 6.45) is 4.55. The van der Waals surface area contributed by atoms with Gasteiger partial charge in [-0.2, -0.15) is 0 Å². The highest BCUT2D eigenvalue weighted by atomic mass is 35.5. The molecule has 0 spiro atoms. The number of hydrogen-bond acceptors (Lipinski definition) is 4. The molecule has 8 heteroatoms. The molecular weight excluding hydrogens is 394 g/mol. The van der Waals surface area contributed by atoms with Gasteiger partial charge in [-0.1, -0.05) is 30.7 Å². The van der Waals surface area contributed by atoms with Crippen LogP contribution in [0.4, 0.5) is 5.69 Å².